The Morgan fingerprint density at radius 2 is 1.91 bits per heavy atom. The van der Waals surface area contributed by atoms with Crippen molar-refractivity contribution in [2.24, 2.45) is 5.41 Å². The molecule has 0 aliphatic heterocycles. The SMILES string of the molecule is C=C(C(=O)O)C(CCOC)(CC(=O)c1cccc(C)c1)C(=O)O. The monoisotopic (exact) mass is 320 g/mol. The van der Waals surface area contributed by atoms with Gasteiger partial charge < -0.3 is 14.9 Å². The van der Waals surface area contributed by atoms with Gasteiger partial charge in [-0.15, -0.1) is 0 Å². The topological polar surface area (TPSA) is 101 Å². The quantitative estimate of drug-likeness (QED) is 0.535. The summed E-state index contributed by atoms with van der Waals surface area (Å²) in [4.78, 5) is 35.5. The van der Waals surface area contributed by atoms with Gasteiger partial charge in [0.25, 0.3) is 0 Å². The largest absolute Gasteiger partial charge is 0.481 e. The molecule has 0 radical (unpaired) electrons. The minimum Gasteiger partial charge on any atom is -0.481 e. The Labute approximate surface area is 134 Å². The second kappa shape index (κ2) is 7.69. The fourth-order valence-corrected chi connectivity index (χ4v) is 2.33. The Hall–Kier alpha value is -2.47. The van der Waals surface area contributed by atoms with Crippen molar-refractivity contribution in [2.45, 2.75) is 19.8 Å². The number of aliphatic carboxylic acids is 2. The number of hydrogen-bond donors (Lipinski definition) is 2. The van der Waals surface area contributed by atoms with Crippen LogP contribution in [0.3, 0.4) is 0 Å². The lowest BCUT2D eigenvalue weighted by atomic mass is 9.73. The Morgan fingerprint density at radius 3 is 2.39 bits per heavy atom. The fourth-order valence-electron chi connectivity index (χ4n) is 2.33. The van der Waals surface area contributed by atoms with Crippen LogP contribution in [0.1, 0.15) is 28.8 Å². The van der Waals surface area contributed by atoms with Crippen LogP contribution in [0.5, 0.6) is 0 Å². The van der Waals surface area contributed by atoms with Gasteiger partial charge >= 0.3 is 11.9 Å². The maximum absolute atomic E-state index is 12.5. The van der Waals surface area contributed by atoms with Crippen molar-refractivity contribution in [3.8, 4) is 0 Å². The van der Waals surface area contributed by atoms with Gasteiger partial charge in [0.1, 0.15) is 5.41 Å². The summed E-state index contributed by atoms with van der Waals surface area (Å²) in [6, 6.07) is 6.70. The first-order valence-corrected chi connectivity index (χ1v) is 6.99. The van der Waals surface area contributed by atoms with Gasteiger partial charge in [-0.2, -0.15) is 0 Å². The molecule has 1 unspecified atom stereocenters. The zero-order valence-electron chi connectivity index (χ0n) is 13.2. The highest BCUT2D eigenvalue weighted by molar-refractivity contribution is 6.03. The van der Waals surface area contributed by atoms with E-state index in [1.54, 1.807) is 18.2 Å². The van der Waals surface area contributed by atoms with Crippen LogP contribution in [-0.4, -0.2) is 41.7 Å². The van der Waals surface area contributed by atoms with Gasteiger partial charge in [0.2, 0.25) is 0 Å². The molecular weight excluding hydrogens is 300 g/mol. The van der Waals surface area contributed by atoms with Crippen LogP contribution in [0.4, 0.5) is 0 Å². The van der Waals surface area contributed by atoms with E-state index in [9.17, 15) is 24.6 Å². The molecule has 124 valence electrons. The standard InChI is InChI=1S/C17H20O6/c1-11-5-4-6-13(9-11)14(18)10-17(16(21)22,7-8-23-3)12(2)15(19)20/h4-6,9H,2,7-8,10H2,1,3H3,(H,19,20)(H,21,22). The number of carbonyl (C=O) groups is 3. The number of hydrogen-bond acceptors (Lipinski definition) is 4. The first-order valence-electron chi connectivity index (χ1n) is 6.99. The highest BCUT2D eigenvalue weighted by Gasteiger charge is 2.45. The summed E-state index contributed by atoms with van der Waals surface area (Å²) in [6.07, 6.45) is -0.637. The van der Waals surface area contributed by atoms with Crippen molar-refractivity contribution in [3.05, 3.63) is 47.5 Å². The van der Waals surface area contributed by atoms with E-state index in [1.165, 1.54) is 7.11 Å². The second-order valence-electron chi connectivity index (χ2n) is 5.38. The summed E-state index contributed by atoms with van der Waals surface area (Å²) in [5.74, 6) is -3.29. The fraction of sp³-hybridized carbons (Fsp3) is 0.353. The average Bonchev–Trinajstić information content (AvgIpc) is 2.50. The maximum Gasteiger partial charge on any atom is 0.332 e. The van der Waals surface area contributed by atoms with Crippen LogP contribution < -0.4 is 0 Å². The number of carbonyl (C=O) groups excluding carboxylic acids is 1. The minimum absolute atomic E-state index is 0.000300. The van der Waals surface area contributed by atoms with Crippen LogP contribution in [-0.2, 0) is 14.3 Å². The summed E-state index contributed by atoms with van der Waals surface area (Å²) in [6.45, 7) is 5.18. The molecule has 1 aromatic rings. The number of carboxylic acid groups (broad SMARTS) is 2. The van der Waals surface area contributed by atoms with Crippen molar-refractivity contribution in [1.29, 1.82) is 0 Å². The van der Waals surface area contributed by atoms with E-state index >= 15 is 0 Å². The molecule has 0 aliphatic carbocycles. The molecule has 0 aliphatic rings. The van der Waals surface area contributed by atoms with Crippen molar-refractivity contribution >= 4 is 17.7 Å². The third-order valence-corrected chi connectivity index (χ3v) is 3.78. The van der Waals surface area contributed by atoms with Gasteiger partial charge in [-0.05, 0) is 19.4 Å². The Morgan fingerprint density at radius 1 is 1.26 bits per heavy atom. The Kier molecular flexibility index (Phi) is 6.21. The number of methoxy groups -OCH3 is 1. The molecule has 0 saturated carbocycles. The van der Waals surface area contributed by atoms with Crippen molar-refractivity contribution in [3.63, 3.8) is 0 Å². The molecule has 0 fully saturated rings. The summed E-state index contributed by atoms with van der Waals surface area (Å²) in [5, 5.41) is 18.8. The highest BCUT2D eigenvalue weighted by atomic mass is 16.5. The lowest BCUT2D eigenvalue weighted by Gasteiger charge is -2.28. The van der Waals surface area contributed by atoms with Crippen molar-refractivity contribution in [1.82, 2.24) is 0 Å². The first kappa shape index (κ1) is 18.6. The number of ketones is 1. The molecule has 0 heterocycles. The van der Waals surface area contributed by atoms with E-state index in [0.29, 0.717) is 5.56 Å². The molecule has 2 N–H and O–H groups in total. The molecule has 1 rings (SSSR count). The normalized spacial score (nSPS) is 13.1. The van der Waals surface area contributed by atoms with E-state index in [-0.39, 0.29) is 13.0 Å². The third kappa shape index (κ3) is 4.26. The number of rotatable bonds is 9. The van der Waals surface area contributed by atoms with E-state index in [2.05, 4.69) is 6.58 Å². The lowest BCUT2D eigenvalue weighted by molar-refractivity contribution is -0.151. The smallest absolute Gasteiger partial charge is 0.332 e. The molecule has 0 spiro atoms. The predicted molar refractivity (Wildman–Crippen MR) is 83.5 cm³/mol. The molecule has 23 heavy (non-hydrogen) atoms. The minimum atomic E-state index is -1.90. The summed E-state index contributed by atoms with van der Waals surface area (Å²) in [7, 11) is 1.37. The van der Waals surface area contributed by atoms with E-state index in [1.807, 2.05) is 13.0 Å². The molecule has 0 bridgehead atoms. The molecule has 6 heteroatoms. The van der Waals surface area contributed by atoms with E-state index in [4.69, 9.17) is 4.74 Å². The highest BCUT2D eigenvalue weighted by Crippen LogP contribution is 2.36. The van der Waals surface area contributed by atoms with Crippen molar-refractivity contribution < 1.29 is 29.3 Å². The van der Waals surface area contributed by atoms with Gasteiger partial charge in [-0.25, -0.2) is 4.79 Å². The van der Waals surface area contributed by atoms with E-state index in [0.717, 1.165) is 5.56 Å². The van der Waals surface area contributed by atoms with Crippen LogP contribution in [0.25, 0.3) is 0 Å². The number of Topliss-reactive ketones (excluding diaryl/α,β-unsaturated/α-hetero) is 1. The second-order valence-corrected chi connectivity index (χ2v) is 5.38. The molecular formula is C17H20O6. The van der Waals surface area contributed by atoms with Crippen molar-refractivity contribution in [2.75, 3.05) is 13.7 Å². The summed E-state index contributed by atoms with van der Waals surface area (Å²) in [5.41, 5.74) is -1.23. The predicted octanol–water partition coefficient (Wildman–Crippen LogP) is 2.32. The van der Waals surface area contributed by atoms with Gasteiger partial charge in [-0.1, -0.05) is 30.3 Å². The molecule has 0 aromatic heterocycles. The van der Waals surface area contributed by atoms with Gasteiger partial charge in [-0.3, -0.25) is 9.59 Å². The number of carboxylic acids is 2. The summed E-state index contributed by atoms with van der Waals surface area (Å²) >= 11 is 0. The average molecular weight is 320 g/mol. The summed E-state index contributed by atoms with van der Waals surface area (Å²) < 4.78 is 4.88. The van der Waals surface area contributed by atoms with Crippen LogP contribution in [0, 0.1) is 12.3 Å². The number of benzene rings is 1. The molecule has 6 nitrogen and oxygen atoms in total. The Bertz CT molecular complexity index is 634. The van der Waals surface area contributed by atoms with Crippen LogP contribution in [0.2, 0.25) is 0 Å². The van der Waals surface area contributed by atoms with Gasteiger partial charge in [0.05, 0.1) is 0 Å². The van der Waals surface area contributed by atoms with Crippen LogP contribution in [0.15, 0.2) is 36.4 Å². The number of aryl methyl sites for hydroxylation is 1. The van der Waals surface area contributed by atoms with Gasteiger partial charge in [0, 0.05) is 31.3 Å². The first-order chi connectivity index (χ1) is 10.7. The molecule has 0 amide bonds. The zero-order valence-corrected chi connectivity index (χ0v) is 13.2. The molecule has 1 aromatic carbocycles. The third-order valence-electron chi connectivity index (χ3n) is 3.78. The molecule has 0 saturated heterocycles. The van der Waals surface area contributed by atoms with Crippen LogP contribution >= 0.6 is 0 Å². The number of ether oxygens (including phenoxy) is 1. The maximum atomic E-state index is 12.5. The Balaban J connectivity index is 3.22. The molecule has 1 atom stereocenters. The van der Waals surface area contributed by atoms with E-state index < -0.39 is 35.1 Å². The zero-order chi connectivity index (χ0) is 17.6. The lowest BCUT2D eigenvalue weighted by Crippen LogP contribution is -2.39. The van der Waals surface area contributed by atoms with Gasteiger partial charge in [0.15, 0.2) is 5.78 Å².